The highest BCUT2D eigenvalue weighted by Gasteiger charge is 2.19. The van der Waals surface area contributed by atoms with E-state index in [2.05, 4.69) is 10.4 Å². The van der Waals surface area contributed by atoms with E-state index >= 15 is 0 Å². The standard InChI is InChI=1S/C16H14FN3O4/c17-10-3-5-11(6-4-10)20-9-13(22)15(19-20)16(23)18-8-12(21)14-2-1-7-24-14/h1-7,9,12,21-22H,8H2,(H,18,23). The first-order valence-corrected chi connectivity index (χ1v) is 7.09. The second-order valence-corrected chi connectivity index (χ2v) is 5.03. The third kappa shape index (κ3) is 3.28. The summed E-state index contributed by atoms with van der Waals surface area (Å²) in [6.45, 7) is -0.102. The van der Waals surface area contributed by atoms with Crippen LogP contribution in [0.15, 0.2) is 53.3 Å². The minimum Gasteiger partial charge on any atom is -0.504 e. The van der Waals surface area contributed by atoms with Gasteiger partial charge in [-0.05, 0) is 36.4 Å². The van der Waals surface area contributed by atoms with Crippen molar-refractivity contribution < 1.29 is 23.8 Å². The zero-order valence-electron chi connectivity index (χ0n) is 12.4. The van der Waals surface area contributed by atoms with Crippen molar-refractivity contribution in [2.24, 2.45) is 0 Å². The van der Waals surface area contributed by atoms with Gasteiger partial charge in [0.05, 0.1) is 24.7 Å². The molecule has 1 aromatic carbocycles. The van der Waals surface area contributed by atoms with Gasteiger partial charge in [-0.2, -0.15) is 5.10 Å². The number of halogens is 1. The molecule has 3 N–H and O–H groups in total. The largest absolute Gasteiger partial charge is 0.504 e. The van der Waals surface area contributed by atoms with Crippen molar-refractivity contribution >= 4 is 5.91 Å². The van der Waals surface area contributed by atoms with E-state index in [1.54, 1.807) is 12.1 Å². The van der Waals surface area contributed by atoms with Crippen molar-refractivity contribution in [1.82, 2.24) is 15.1 Å². The first-order chi connectivity index (χ1) is 11.5. The molecule has 1 unspecified atom stereocenters. The quantitative estimate of drug-likeness (QED) is 0.661. The Labute approximate surface area is 136 Å². The second kappa shape index (κ2) is 6.55. The Hall–Kier alpha value is -3.13. The smallest absolute Gasteiger partial charge is 0.275 e. The fraction of sp³-hybridized carbons (Fsp3) is 0.125. The molecule has 0 aliphatic heterocycles. The molecule has 0 aliphatic carbocycles. The van der Waals surface area contributed by atoms with E-state index in [9.17, 15) is 19.4 Å². The highest BCUT2D eigenvalue weighted by molar-refractivity contribution is 5.94. The number of amides is 1. The van der Waals surface area contributed by atoms with Crippen LogP contribution in [-0.2, 0) is 0 Å². The van der Waals surface area contributed by atoms with Crippen LogP contribution in [-0.4, -0.2) is 32.4 Å². The van der Waals surface area contributed by atoms with E-state index in [1.165, 1.54) is 41.4 Å². The van der Waals surface area contributed by atoms with Crippen molar-refractivity contribution in [3.05, 3.63) is 66.1 Å². The lowest BCUT2D eigenvalue weighted by atomic mass is 10.2. The van der Waals surface area contributed by atoms with Crippen molar-refractivity contribution in [2.75, 3.05) is 6.54 Å². The number of benzene rings is 1. The average molecular weight is 331 g/mol. The van der Waals surface area contributed by atoms with Gasteiger partial charge >= 0.3 is 0 Å². The number of hydrogen-bond donors (Lipinski definition) is 3. The molecular weight excluding hydrogens is 317 g/mol. The Morgan fingerprint density at radius 2 is 2.08 bits per heavy atom. The number of aliphatic hydroxyl groups excluding tert-OH is 1. The van der Waals surface area contributed by atoms with Gasteiger partial charge in [0.2, 0.25) is 0 Å². The summed E-state index contributed by atoms with van der Waals surface area (Å²) < 4.78 is 19.2. The van der Waals surface area contributed by atoms with Crippen LogP contribution in [0.25, 0.3) is 5.69 Å². The lowest BCUT2D eigenvalue weighted by molar-refractivity contribution is 0.0893. The molecule has 0 radical (unpaired) electrons. The summed E-state index contributed by atoms with van der Waals surface area (Å²) in [5, 5.41) is 26.2. The van der Waals surface area contributed by atoms with Crippen molar-refractivity contribution in [1.29, 1.82) is 0 Å². The van der Waals surface area contributed by atoms with Crippen LogP contribution in [0.5, 0.6) is 5.75 Å². The molecule has 2 aromatic heterocycles. The minimum atomic E-state index is -1.01. The van der Waals surface area contributed by atoms with Gasteiger partial charge in [-0.15, -0.1) is 0 Å². The number of rotatable bonds is 5. The maximum atomic E-state index is 12.9. The number of carbonyl (C=O) groups excluding carboxylic acids is 1. The fourth-order valence-corrected chi connectivity index (χ4v) is 2.11. The lowest BCUT2D eigenvalue weighted by Crippen LogP contribution is -2.28. The highest BCUT2D eigenvalue weighted by atomic mass is 19.1. The normalized spacial score (nSPS) is 12.1. The predicted molar refractivity (Wildman–Crippen MR) is 81.2 cm³/mol. The van der Waals surface area contributed by atoms with Crippen LogP contribution in [0.4, 0.5) is 4.39 Å². The van der Waals surface area contributed by atoms with Crippen LogP contribution in [0.1, 0.15) is 22.4 Å². The fourth-order valence-electron chi connectivity index (χ4n) is 2.11. The van der Waals surface area contributed by atoms with Crippen LogP contribution >= 0.6 is 0 Å². The molecule has 0 spiro atoms. The number of furan rings is 1. The number of carbonyl (C=O) groups is 1. The van der Waals surface area contributed by atoms with Crippen molar-refractivity contribution in [3.8, 4) is 11.4 Å². The Morgan fingerprint density at radius 1 is 1.33 bits per heavy atom. The molecule has 1 atom stereocenters. The Bertz CT molecular complexity index is 828. The monoisotopic (exact) mass is 331 g/mol. The number of nitrogens with zero attached hydrogens (tertiary/aromatic N) is 2. The van der Waals surface area contributed by atoms with Gasteiger partial charge in [-0.3, -0.25) is 4.79 Å². The third-order valence-corrected chi connectivity index (χ3v) is 3.33. The van der Waals surface area contributed by atoms with E-state index in [0.717, 1.165) is 0 Å². The summed E-state index contributed by atoms with van der Waals surface area (Å²) in [7, 11) is 0. The topological polar surface area (TPSA) is 101 Å². The minimum absolute atomic E-state index is 0.102. The van der Waals surface area contributed by atoms with Crippen LogP contribution in [0, 0.1) is 5.82 Å². The number of aromatic nitrogens is 2. The van der Waals surface area contributed by atoms with Gasteiger partial charge in [-0.1, -0.05) is 0 Å². The molecule has 3 aromatic rings. The number of aromatic hydroxyl groups is 1. The summed E-state index contributed by atoms with van der Waals surface area (Å²) in [5.74, 6) is -1.07. The zero-order chi connectivity index (χ0) is 17.1. The molecule has 2 heterocycles. The van der Waals surface area contributed by atoms with Gasteiger partial charge in [-0.25, -0.2) is 9.07 Å². The van der Waals surface area contributed by atoms with Gasteiger partial charge in [0.1, 0.15) is 17.7 Å². The van der Waals surface area contributed by atoms with Gasteiger partial charge in [0.15, 0.2) is 11.4 Å². The molecule has 7 nitrogen and oxygen atoms in total. The second-order valence-electron chi connectivity index (χ2n) is 5.03. The Balaban J connectivity index is 1.70. The molecule has 0 saturated carbocycles. The summed E-state index contributed by atoms with van der Waals surface area (Å²) in [6, 6.07) is 8.61. The SMILES string of the molecule is O=C(NCC(O)c1ccco1)c1nn(-c2ccc(F)cc2)cc1O. The maximum absolute atomic E-state index is 12.9. The molecular formula is C16H14FN3O4. The van der Waals surface area contributed by atoms with E-state index < -0.39 is 17.8 Å². The molecule has 3 rings (SSSR count). The summed E-state index contributed by atoms with van der Waals surface area (Å²) in [6.07, 6.45) is 1.65. The molecule has 0 fully saturated rings. The van der Waals surface area contributed by atoms with E-state index in [4.69, 9.17) is 4.42 Å². The van der Waals surface area contributed by atoms with Gasteiger partial charge in [0.25, 0.3) is 5.91 Å². The predicted octanol–water partition coefficient (Wildman–Crippen LogP) is 1.77. The average Bonchev–Trinajstić information content (AvgIpc) is 3.23. The number of nitrogens with one attached hydrogen (secondary N) is 1. The summed E-state index contributed by atoms with van der Waals surface area (Å²) in [5.41, 5.74) is 0.285. The van der Waals surface area contributed by atoms with E-state index in [0.29, 0.717) is 11.4 Å². The van der Waals surface area contributed by atoms with Crippen LogP contribution in [0.3, 0.4) is 0 Å². The third-order valence-electron chi connectivity index (χ3n) is 3.33. The molecule has 0 bridgehead atoms. The summed E-state index contributed by atoms with van der Waals surface area (Å²) in [4.78, 5) is 12.1. The lowest BCUT2D eigenvalue weighted by Gasteiger charge is -2.08. The zero-order valence-corrected chi connectivity index (χ0v) is 12.4. The van der Waals surface area contributed by atoms with Crippen molar-refractivity contribution in [3.63, 3.8) is 0 Å². The Kier molecular flexibility index (Phi) is 4.30. The molecule has 24 heavy (non-hydrogen) atoms. The van der Waals surface area contributed by atoms with E-state index in [1.807, 2.05) is 0 Å². The number of hydrogen-bond acceptors (Lipinski definition) is 5. The van der Waals surface area contributed by atoms with Crippen molar-refractivity contribution in [2.45, 2.75) is 6.10 Å². The van der Waals surface area contributed by atoms with Crippen LogP contribution < -0.4 is 5.32 Å². The molecule has 0 aliphatic rings. The maximum Gasteiger partial charge on any atom is 0.275 e. The molecule has 0 saturated heterocycles. The first-order valence-electron chi connectivity index (χ1n) is 7.09. The number of aliphatic hydroxyl groups is 1. The molecule has 8 heteroatoms. The van der Waals surface area contributed by atoms with E-state index in [-0.39, 0.29) is 18.0 Å². The molecule has 124 valence electrons. The van der Waals surface area contributed by atoms with Gasteiger partial charge in [0, 0.05) is 0 Å². The van der Waals surface area contributed by atoms with Gasteiger partial charge < -0.3 is 19.9 Å². The molecule has 1 amide bonds. The highest BCUT2D eigenvalue weighted by Crippen LogP contribution is 2.19. The van der Waals surface area contributed by atoms with Crippen LogP contribution in [0.2, 0.25) is 0 Å². The summed E-state index contributed by atoms with van der Waals surface area (Å²) >= 11 is 0. The Morgan fingerprint density at radius 3 is 2.75 bits per heavy atom. The first kappa shape index (κ1) is 15.8.